The van der Waals surface area contributed by atoms with Crippen molar-refractivity contribution in [3.63, 3.8) is 0 Å². The van der Waals surface area contributed by atoms with Crippen LogP contribution in [0.25, 0.3) is 6.08 Å². The van der Waals surface area contributed by atoms with Crippen molar-refractivity contribution in [3.05, 3.63) is 94.5 Å². The lowest BCUT2D eigenvalue weighted by atomic mass is 10.1. The molecule has 0 saturated heterocycles. The summed E-state index contributed by atoms with van der Waals surface area (Å²) < 4.78 is 7.93. The minimum absolute atomic E-state index is 0.0561. The Labute approximate surface area is 217 Å². The predicted molar refractivity (Wildman–Crippen MR) is 141 cm³/mol. The summed E-state index contributed by atoms with van der Waals surface area (Å²) in [4.78, 5) is 12.5. The van der Waals surface area contributed by atoms with Gasteiger partial charge in [-0.05, 0) is 98.8 Å². The molecule has 0 bridgehead atoms. The first-order valence-electron chi connectivity index (χ1n) is 8.91. The Morgan fingerprint density at radius 2 is 1.84 bits per heavy atom. The highest BCUT2D eigenvalue weighted by atomic mass is 127. The van der Waals surface area contributed by atoms with Gasteiger partial charge >= 0.3 is 0 Å². The van der Waals surface area contributed by atoms with E-state index in [1.165, 1.54) is 9.65 Å². The molecule has 0 aliphatic carbocycles. The number of rotatable bonds is 6. The molecule has 0 aliphatic heterocycles. The first kappa shape index (κ1) is 23.9. The van der Waals surface area contributed by atoms with Crippen LogP contribution in [0.5, 0.6) is 5.75 Å². The number of nitriles is 1. The molecule has 0 fully saturated rings. The number of anilines is 1. The molecule has 8 heteroatoms. The molecule has 0 spiro atoms. The third kappa shape index (κ3) is 6.59. The molecule has 0 atom stereocenters. The van der Waals surface area contributed by atoms with Crippen LogP contribution < -0.4 is 10.1 Å². The van der Waals surface area contributed by atoms with Gasteiger partial charge < -0.3 is 10.1 Å². The van der Waals surface area contributed by atoms with Gasteiger partial charge in [0.2, 0.25) is 0 Å². The Hall–Kier alpha value is -1.80. The average molecular weight is 675 g/mol. The molecule has 3 rings (SSSR count). The molecule has 3 aromatic rings. The maximum Gasteiger partial charge on any atom is 0.266 e. The van der Waals surface area contributed by atoms with Crippen molar-refractivity contribution in [1.29, 1.82) is 5.26 Å². The molecule has 1 N–H and O–H groups in total. The van der Waals surface area contributed by atoms with E-state index in [9.17, 15) is 10.1 Å². The number of carbonyl (C=O) groups excluding carboxylic acids is 1. The van der Waals surface area contributed by atoms with Crippen LogP contribution in [-0.4, -0.2) is 5.91 Å². The van der Waals surface area contributed by atoms with Crippen LogP contribution in [0.3, 0.4) is 0 Å². The molecule has 1 amide bonds. The van der Waals surface area contributed by atoms with E-state index >= 15 is 0 Å². The second-order valence-corrected chi connectivity index (χ2v) is 9.52. The van der Waals surface area contributed by atoms with Gasteiger partial charge in [0.1, 0.15) is 24.0 Å². The van der Waals surface area contributed by atoms with E-state index in [-0.39, 0.29) is 10.6 Å². The van der Waals surface area contributed by atoms with E-state index in [1.54, 1.807) is 24.3 Å². The van der Waals surface area contributed by atoms with Crippen molar-refractivity contribution < 1.29 is 9.53 Å². The van der Waals surface area contributed by atoms with Crippen molar-refractivity contribution in [3.8, 4) is 11.8 Å². The number of nitrogens with one attached hydrogen (secondary N) is 1. The first-order valence-corrected chi connectivity index (χ1v) is 11.8. The Morgan fingerprint density at radius 3 is 2.52 bits per heavy atom. The molecular weight excluding hydrogens is 661 g/mol. The molecule has 156 valence electrons. The van der Waals surface area contributed by atoms with Gasteiger partial charge in [-0.3, -0.25) is 4.79 Å². The van der Waals surface area contributed by atoms with Gasteiger partial charge in [0.25, 0.3) is 5.91 Å². The van der Waals surface area contributed by atoms with Gasteiger partial charge in [-0.2, -0.15) is 5.26 Å². The third-order valence-electron chi connectivity index (χ3n) is 4.14. The third-order valence-corrected chi connectivity index (χ3v) is 6.52. The van der Waals surface area contributed by atoms with Gasteiger partial charge in [-0.1, -0.05) is 47.5 Å². The first-order chi connectivity index (χ1) is 14.9. The highest BCUT2D eigenvalue weighted by Gasteiger charge is 2.13. The van der Waals surface area contributed by atoms with E-state index in [0.29, 0.717) is 22.9 Å². The van der Waals surface area contributed by atoms with Gasteiger partial charge in [0.05, 0.1) is 19.3 Å². The standard InChI is InChI=1S/C23H14Cl2I2N2O2/c24-18-2-1-3-20(22(18)25)29-23(30)16(12-28)10-15-6-9-21(19(27)11-15)31-13-14-4-7-17(26)8-5-14/h1-11H,13H2,(H,29,30)/b16-10-. The monoisotopic (exact) mass is 674 g/mol. The zero-order chi connectivity index (χ0) is 22.4. The zero-order valence-electron chi connectivity index (χ0n) is 15.8. The van der Waals surface area contributed by atoms with Crippen LogP contribution in [0.15, 0.2) is 66.2 Å². The van der Waals surface area contributed by atoms with E-state index in [1.807, 2.05) is 42.5 Å². The normalized spacial score (nSPS) is 11.0. The summed E-state index contributed by atoms with van der Waals surface area (Å²) >= 11 is 16.5. The van der Waals surface area contributed by atoms with Gasteiger partial charge in [0, 0.05) is 3.57 Å². The van der Waals surface area contributed by atoms with E-state index in [2.05, 4.69) is 50.5 Å². The number of carbonyl (C=O) groups is 1. The summed E-state index contributed by atoms with van der Waals surface area (Å²) in [6.45, 7) is 0.453. The van der Waals surface area contributed by atoms with E-state index in [0.717, 1.165) is 14.9 Å². The maximum atomic E-state index is 12.5. The highest BCUT2D eigenvalue weighted by molar-refractivity contribution is 14.1. The van der Waals surface area contributed by atoms with Crippen LogP contribution in [0.2, 0.25) is 10.0 Å². The molecule has 4 nitrogen and oxygen atoms in total. The number of hydrogen-bond acceptors (Lipinski definition) is 3. The lowest BCUT2D eigenvalue weighted by Crippen LogP contribution is -2.13. The summed E-state index contributed by atoms with van der Waals surface area (Å²) in [6, 6.07) is 20.4. The topological polar surface area (TPSA) is 62.1 Å². The van der Waals surface area contributed by atoms with Crippen LogP contribution >= 0.6 is 68.4 Å². The lowest BCUT2D eigenvalue weighted by Gasteiger charge is -2.10. The summed E-state index contributed by atoms with van der Waals surface area (Å²) in [5.41, 5.74) is 2.06. The predicted octanol–water partition coefficient (Wildman–Crippen LogP) is 7.33. The van der Waals surface area contributed by atoms with Crippen molar-refractivity contribution in [2.45, 2.75) is 6.61 Å². The second-order valence-electron chi connectivity index (χ2n) is 6.33. The largest absolute Gasteiger partial charge is 0.488 e. The van der Waals surface area contributed by atoms with Crippen molar-refractivity contribution in [2.24, 2.45) is 0 Å². The molecule has 0 aliphatic rings. The van der Waals surface area contributed by atoms with Crippen LogP contribution in [-0.2, 0) is 11.4 Å². The lowest BCUT2D eigenvalue weighted by molar-refractivity contribution is -0.112. The summed E-state index contributed by atoms with van der Waals surface area (Å²) in [5, 5.41) is 12.6. The summed E-state index contributed by atoms with van der Waals surface area (Å²) in [6.07, 6.45) is 1.51. The van der Waals surface area contributed by atoms with E-state index in [4.69, 9.17) is 27.9 Å². The molecule has 31 heavy (non-hydrogen) atoms. The number of hydrogen-bond donors (Lipinski definition) is 1. The fraction of sp³-hybridized carbons (Fsp3) is 0.0435. The Kier molecular flexibility index (Phi) is 8.60. The Bertz CT molecular complexity index is 1190. The number of nitrogens with zero attached hydrogens (tertiary/aromatic N) is 1. The molecular formula is C23H14Cl2I2N2O2. The van der Waals surface area contributed by atoms with Gasteiger partial charge in [0.15, 0.2) is 0 Å². The number of ether oxygens (including phenoxy) is 1. The fourth-order valence-corrected chi connectivity index (χ4v) is 3.97. The fourth-order valence-electron chi connectivity index (χ4n) is 2.57. The summed E-state index contributed by atoms with van der Waals surface area (Å²) in [7, 11) is 0. The van der Waals surface area contributed by atoms with E-state index < -0.39 is 5.91 Å². The molecule has 0 saturated carbocycles. The van der Waals surface area contributed by atoms with Gasteiger partial charge in [-0.25, -0.2) is 0 Å². The molecule has 0 radical (unpaired) electrons. The molecule has 0 aromatic heterocycles. The van der Waals surface area contributed by atoms with Crippen molar-refractivity contribution >= 4 is 86.1 Å². The number of benzene rings is 3. The molecule has 0 heterocycles. The Morgan fingerprint density at radius 1 is 1.10 bits per heavy atom. The minimum Gasteiger partial charge on any atom is -0.488 e. The number of amides is 1. The smallest absolute Gasteiger partial charge is 0.266 e. The van der Waals surface area contributed by atoms with Crippen molar-refractivity contribution in [2.75, 3.05) is 5.32 Å². The van der Waals surface area contributed by atoms with Crippen molar-refractivity contribution in [1.82, 2.24) is 0 Å². The van der Waals surface area contributed by atoms with Crippen LogP contribution in [0.4, 0.5) is 5.69 Å². The summed E-state index contributed by atoms with van der Waals surface area (Å²) in [5.74, 6) is 0.158. The van der Waals surface area contributed by atoms with Crippen LogP contribution in [0.1, 0.15) is 11.1 Å². The van der Waals surface area contributed by atoms with Crippen LogP contribution in [0, 0.1) is 18.5 Å². The molecule has 0 unspecified atom stereocenters. The quantitative estimate of drug-likeness (QED) is 0.169. The van der Waals surface area contributed by atoms with Gasteiger partial charge in [-0.15, -0.1) is 0 Å². The minimum atomic E-state index is -0.569. The Balaban J connectivity index is 1.72. The molecule has 3 aromatic carbocycles. The maximum absolute atomic E-state index is 12.5. The average Bonchev–Trinajstić information content (AvgIpc) is 2.75. The second kappa shape index (κ2) is 11.2. The highest BCUT2D eigenvalue weighted by Crippen LogP contribution is 2.30. The SMILES string of the molecule is N#C/C(=C/c1ccc(OCc2ccc(I)cc2)c(I)c1)C(=O)Nc1cccc(Cl)c1Cl. The number of halogens is 4. The zero-order valence-corrected chi connectivity index (χ0v) is 21.7.